The molecule has 0 heterocycles. The second kappa shape index (κ2) is 5.35. The lowest BCUT2D eigenvalue weighted by Crippen LogP contribution is -2.35. The highest BCUT2D eigenvalue weighted by molar-refractivity contribution is 6.00. The van der Waals surface area contributed by atoms with Crippen LogP contribution in [0.1, 0.15) is 36.0 Å². The van der Waals surface area contributed by atoms with E-state index in [9.17, 15) is 4.79 Å². The molecule has 0 aromatic heterocycles. The number of carbonyl (C=O) groups excluding carboxylic acids is 1. The van der Waals surface area contributed by atoms with Crippen LogP contribution in [0.3, 0.4) is 0 Å². The number of ether oxygens (including phenoxy) is 1. The highest BCUT2D eigenvalue weighted by Gasteiger charge is 2.32. The molecule has 108 valence electrons. The minimum Gasteiger partial charge on any atom is -0.495 e. The Morgan fingerprint density at radius 1 is 1.25 bits per heavy atom. The van der Waals surface area contributed by atoms with E-state index in [2.05, 4.69) is 0 Å². The molecule has 0 atom stereocenters. The van der Waals surface area contributed by atoms with Gasteiger partial charge >= 0.3 is 0 Å². The molecule has 4 nitrogen and oxygen atoms in total. The summed E-state index contributed by atoms with van der Waals surface area (Å²) in [6.07, 6.45) is 5.01. The number of benzene rings is 1. The number of rotatable bonds is 6. The van der Waals surface area contributed by atoms with Gasteiger partial charge in [-0.25, -0.2) is 0 Å². The molecule has 0 saturated heterocycles. The maximum Gasteiger partial charge on any atom is 0.256 e. The summed E-state index contributed by atoms with van der Waals surface area (Å²) in [5, 5.41) is 0. The Bertz CT molecular complexity index is 493. The number of amides is 1. The molecular weight excluding hydrogens is 252 g/mol. The van der Waals surface area contributed by atoms with Crippen LogP contribution in [0.15, 0.2) is 18.2 Å². The average molecular weight is 274 g/mol. The van der Waals surface area contributed by atoms with Crippen molar-refractivity contribution < 1.29 is 9.53 Å². The molecule has 2 aliphatic rings. The topological polar surface area (TPSA) is 55.6 Å². The molecule has 2 N–H and O–H groups in total. The monoisotopic (exact) mass is 274 g/mol. The fraction of sp³-hybridized carbons (Fsp3) is 0.562. The Morgan fingerprint density at radius 3 is 2.35 bits per heavy atom. The van der Waals surface area contributed by atoms with Crippen LogP contribution in [0.5, 0.6) is 5.75 Å². The average Bonchev–Trinajstić information content (AvgIpc) is 3.33. The summed E-state index contributed by atoms with van der Waals surface area (Å²) in [5.74, 6) is 2.03. The summed E-state index contributed by atoms with van der Waals surface area (Å²) < 4.78 is 5.21. The van der Waals surface area contributed by atoms with Crippen molar-refractivity contribution in [3.8, 4) is 5.75 Å². The quantitative estimate of drug-likeness (QED) is 0.811. The van der Waals surface area contributed by atoms with Crippen LogP contribution in [0, 0.1) is 11.8 Å². The second-order valence-electron chi connectivity index (χ2n) is 6.02. The summed E-state index contributed by atoms with van der Waals surface area (Å²) in [5.41, 5.74) is 7.08. The first-order chi connectivity index (χ1) is 9.69. The molecule has 1 aromatic carbocycles. The van der Waals surface area contributed by atoms with E-state index in [0.29, 0.717) is 28.8 Å². The number of nitrogens with zero attached hydrogens (tertiary/aromatic N) is 1. The van der Waals surface area contributed by atoms with Crippen LogP contribution in [0.25, 0.3) is 0 Å². The van der Waals surface area contributed by atoms with Crippen molar-refractivity contribution in [2.24, 2.45) is 11.8 Å². The summed E-state index contributed by atoms with van der Waals surface area (Å²) in [4.78, 5) is 14.8. The van der Waals surface area contributed by atoms with E-state index >= 15 is 0 Å². The van der Waals surface area contributed by atoms with Crippen molar-refractivity contribution in [2.45, 2.75) is 25.7 Å². The Labute approximate surface area is 119 Å². The van der Waals surface area contributed by atoms with E-state index in [1.54, 1.807) is 19.2 Å². The molecule has 1 amide bonds. The van der Waals surface area contributed by atoms with Crippen LogP contribution >= 0.6 is 0 Å². The first kappa shape index (κ1) is 13.3. The zero-order chi connectivity index (χ0) is 14.1. The van der Waals surface area contributed by atoms with Gasteiger partial charge < -0.3 is 15.4 Å². The third kappa shape index (κ3) is 2.89. The summed E-state index contributed by atoms with van der Waals surface area (Å²) in [6, 6.07) is 5.42. The molecule has 2 saturated carbocycles. The Hall–Kier alpha value is -1.71. The Morgan fingerprint density at radius 2 is 1.85 bits per heavy atom. The van der Waals surface area contributed by atoms with Crippen LogP contribution < -0.4 is 10.5 Å². The number of carbonyl (C=O) groups is 1. The number of nitrogen functional groups attached to an aromatic ring is 1. The van der Waals surface area contributed by atoms with E-state index in [1.807, 2.05) is 11.0 Å². The van der Waals surface area contributed by atoms with Gasteiger partial charge in [-0.1, -0.05) is 6.07 Å². The van der Waals surface area contributed by atoms with Crippen molar-refractivity contribution in [1.29, 1.82) is 0 Å². The van der Waals surface area contributed by atoms with Crippen LogP contribution in [0.4, 0.5) is 5.69 Å². The van der Waals surface area contributed by atoms with Crippen molar-refractivity contribution in [3.05, 3.63) is 23.8 Å². The molecular formula is C16H22N2O2. The predicted molar refractivity (Wildman–Crippen MR) is 78.8 cm³/mol. The second-order valence-corrected chi connectivity index (χ2v) is 6.02. The van der Waals surface area contributed by atoms with Gasteiger partial charge in [-0.3, -0.25) is 4.79 Å². The number of anilines is 1. The van der Waals surface area contributed by atoms with Crippen molar-refractivity contribution in [2.75, 3.05) is 25.9 Å². The molecule has 0 unspecified atom stereocenters. The van der Waals surface area contributed by atoms with Gasteiger partial charge in [-0.15, -0.1) is 0 Å². The third-order valence-corrected chi connectivity index (χ3v) is 4.15. The Balaban J connectivity index is 1.79. The molecule has 0 spiro atoms. The number of methoxy groups -OCH3 is 1. The number of hydrogen-bond donors (Lipinski definition) is 1. The smallest absolute Gasteiger partial charge is 0.256 e. The molecule has 3 rings (SSSR count). The SMILES string of the molecule is COc1cccc(C(=O)N(CC2CC2)CC2CC2)c1N. The highest BCUT2D eigenvalue weighted by atomic mass is 16.5. The molecule has 20 heavy (non-hydrogen) atoms. The van der Waals surface area contributed by atoms with E-state index in [1.165, 1.54) is 25.7 Å². The number of hydrogen-bond acceptors (Lipinski definition) is 3. The Kier molecular flexibility index (Phi) is 3.55. The molecule has 0 radical (unpaired) electrons. The zero-order valence-corrected chi connectivity index (χ0v) is 12.0. The van der Waals surface area contributed by atoms with Gasteiger partial charge in [-0.05, 0) is 49.7 Å². The van der Waals surface area contributed by atoms with Gasteiger partial charge in [0, 0.05) is 13.1 Å². The lowest BCUT2D eigenvalue weighted by atomic mass is 10.1. The van der Waals surface area contributed by atoms with Gasteiger partial charge in [0.15, 0.2) is 0 Å². The van der Waals surface area contributed by atoms with Crippen LogP contribution in [0.2, 0.25) is 0 Å². The van der Waals surface area contributed by atoms with Gasteiger partial charge in [-0.2, -0.15) is 0 Å². The lowest BCUT2D eigenvalue weighted by Gasteiger charge is -2.23. The molecule has 2 aliphatic carbocycles. The maximum atomic E-state index is 12.8. The lowest BCUT2D eigenvalue weighted by molar-refractivity contribution is 0.0740. The van der Waals surface area contributed by atoms with Crippen molar-refractivity contribution >= 4 is 11.6 Å². The van der Waals surface area contributed by atoms with Crippen LogP contribution in [-0.4, -0.2) is 31.0 Å². The fourth-order valence-corrected chi connectivity index (χ4v) is 2.54. The van der Waals surface area contributed by atoms with E-state index < -0.39 is 0 Å². The fourth-order valence-electron chi connectivity index (χ4n) is 2.54. The first-order valence-corrected chi connectivity index (χ1v) is 7.40. The van der Waals surface area contributed by atoms with E-state index in [-0.39, 0.29) is 5.91 Å². The minimum absolute atomic E-state index is 0.0557. The maximum absolute atomic E-state index is 12.8. The van der Waals surface area contributed by atoms with Gasteiger partial charge in [0.2, 0.25) is 0 Å². The molecule has 0 aliphatic heterocycles. The normalized spacial score (nSPS) is 17.9. The van der Waals surface area contributed by atoms with Gasteiger partial charge in [0.25, 0.3) is 5.91 Å². The largest absolute Gasteiger partial charge is 0.495 e. The summed E-state index contributed by atoms with van der Waals surface area (Å²) in [7, 11) is 1.58. The summed E-state index contributed by atoms with van der Waals surface area (Å²) in [6.45, 7) is 1.76. The van der Waals surface area contributed by atoms with Gasteiger partial charge in [0.1, 0.15) is 5.75 Å². The molecule has 4 heteroatoms. The highest BCUT2D eigenvalue weighted by Crippen LogP contribution is 2.35. The summed E-state index contributed by atoms with van der Waals surface area (Å²) >= 11 is 0. The van der Waals surface area contributed by atoms with E-state index in [0.717, 1.165) is 13.1 Å². The van der Waals surface area contributed by atoms with Crippen LogP contribution in [-0.2, 0) is 0 Å². The van der Waals surface area contributed by atoms with Gasteiger partial charge in [0.05, 0.1) is 18.4 Å². The molecule has 2 fully saturated rings. The van der Waals surface area contributed by atoms with Crippen molar-refractivity contribution in [1.82, 2.24) is 4.90 Å². The number of nitrogens with two attached hydrogens (primary N) is 1. The van der Waals surface area contributed by atoms with Crippen molar-refractivity contribution in [3.63, 3.8) is 0 Å². The predicted octanol–water partition coefficient (Wildman–Crippen LogP) is 2.54. The first-order valence-electron chi connectivity index (χ1n) is 7.40. The third-order valence-electron chi connectivity index (χ3n) is 4.15. The zero-order valence-electron chi connectivity index (χ0n) is 12.0. The number of para-hydroxylation sites is 1. The van der Waals surface area contributed by atoms with E-state index in [4.69, 9.17) is 10.5 Å². The molecule has 0 bridgehead atoms. The minimum atomic E-state index is 0.0557. The molecule has 1 aromatic rings. The standard InChI is InChI=1S/C16H22N2O2/c1-20-14-4-2-3-13(15(14)17)16(19)18(9-11-5-6-11)10-12-7-8-12/h2-4,11-12H,5-10,17H2,1H3.